The summed E-state index contributed by atoms with van der Waals surface area (Å²) < 4.78 is 5.41. The SMILES string of the molecule is CC1=C(c2ccc(-c3nnc(C)o3)cc2)C=C[C+]=C1. The second-order valence-electron chi connectivity index (χ2n) is 4.44. The van der Waals surface area contributed by atoms with E-state index in [0.29, 0.717) is 11.8 Å². The lowest BCUT2D eigenvalue weighted by Crippen LogP contribution is -1.88. The third-order valence-corrected chi connectivity index (χ3v) is 3.04. The second kappa shape index (κ2) is 4.63. The van der Waals surface area contributed by atoms with Gasteiger partial charge in [0.15, 0.2) is 0 Å². The Bertz CT molecular complexity index is 688. The molecule has 3 rings (SSSR count). The summed E-state index contributed by atoms with van der Waals surface area (Å²) in [6, 6.07) is 8.13. The summed E-state index contributed by atoms with van der Waals surface area (Å²) in [5.74, 6) is 1.13. The van der Waals surface area contributed by atoms with Crippen LogP contribution < -0.4 is 0 Å². The zero-order valence-electron chi connectivity index (χ0n) is 10.8. The predicted molar refractivity (Wildman–Crippen MR) is 74.0 cm³/mol. The van der Waals surface area contributed by atoms with Crippen molar-refractivity contribution in [3.05, 3.63) is 65.6 Å². The minimum atomic E-state index is 0.558. The van der Waals surface area contributed by atoms with Crippen molar-refractivity contribution in [1.82, 2.24) is 10.2 Å². The minimum absolute atomic E-state index is 0.558. The molecule has 92 valence electrons. The molecule has 0 radical (unpaired) electrons. The van der Waals surface area contributed by atoms with Gasteiger partial charge in [-0.15, -0.1) is 10.2 Å². The highest BCUT2D eigenvalue weighted by atomic mass is 16.4. The zero-order chi connectivity index (χ0) is 13.2. The fourth-order valence-electron chi connectivity index (χ4n) is 2.04. The molecule has 2 aromatic rings. The van der Waals surface area contributed by atoms with Crippen LogP contribution in [-0.4, -0.2) is 10.2 Å². The van der Waals surface area contributed by atoms with Crippen LogP contribution in [0.2, 0.25) is 0 Å². The number of nitrogens with zero attached hydrogens (tertiary/aromatic N) is 2. The van der Waals surface area contributed by atoms with Crippen LogP contribution in [-0.2, 0) is 0 Å². The number of aryl methyl sites for hydroxylation is 1. The van der Waals surface area contributed by atoms with E-state index in [1.165, 1.54) is 16.7 Å². The Morgan fingerprint density at radius 2 is 1.74 bits per heavy atom. The van der Waals surface area contributed by atoms with Gasteiger partial charge < -0.3 is 4.42 Å². The highest BCUT2D eigenvalue weighted by Gasteiger charge is 2.12. The Hall–Kier alpha value is -2.51. The van der Waals surface area contributed by atoms with Gasteiger partial charge in [0.05, 0.1) is 17.2 Å². The molecule has 1 aliphatic rings. The largest absolute Gasteiger partial charge is 0.421 e. The quantitative estimate of drug-likeness (QED) is 0.761. The van der Waals surface area contributed by atoms with Gasteiger partial charge in [0.1, 0.15) is 12.2 Å². The number of hydrogen-bond donors (Lipinski definition) is 0. The molecule has 1 aliphatic carbocycles. The lowest BCUT2D eigenvalue weighted by Gasteiger charge is -2.02. The highest BCUT2D eigenvalue weighted by molar-refractivity contribution is 5.80. The molecule has 0 N–H and O–H groups in total. The van der Waals surface area contributed by atoms with Crippen molar-refractivity contribution in [2.45, 2.75) is 13.8 Å². The summed E-state index contributed by atoms with van der Waals surface area (Å²) in [5.41, 5.74) is 4.53. The van der Waals surface area contributed by atoms with Crippen molar-refractivity contribution >= 4 is 5.57 Å². The van der Waals surface area contributed by atoms with E-state index in [1.807, 2.05) is 24.3 Å². The first-order chi connectivity index (χ1) is 9.24. The molecule has 0 unspecified atom stereocenters. The Kier molecular flexibility index (Phi) is 2.82. The maximum Gasteiger partial charge on any atom is 0.247 e. The molecule has 0 saturated carbocycles. The molecular formula is C16H13N2O+. The molecule has 0 atom stereocenters. The lowest BCUT2D eigenvalue weighted by atomic mass is 9.96. The molecule has 19 heavy (non-hydrogen) atoms. The van der Waals surface area contributed by atoms with Gasteiger partial charge in [-0.1, -0.05) is 12.1 Å². The van der Waals surface area contributed by atoms with Crippen LogP contribution in [0.4, 0.5) is 0 Å². The van der Waals surface area contributed by atoms with Crippen molar-refractivity contribution in [2.75, 3.05) is 0 Å². The molecule has 3 nitrogen and oxygen atoms in total. The number of allylic oxidation sites excluding steroid dienone is 6. The van der Waals surface area contributed by atoms with Crippen LogP contribution >= 0.6 is 0 Å². The summed E-state index contributed by atoms with van der Waals surface area (Å²) in [4.78, 5) is 0. The van der Waals surface area contributed by atoms with Crippen molar-refractivity contribution in [2.24, 2.45) is 0 Å². The topological polar surface area (TPSA) is 38.9 Å². The maximum atomic E-state index is 5.41. The van der Waals surface area contributed by atoms with Gasteiger partial charge in [-0.3, -0.25) is 0 Å². The molecule has 1 aromatic heterocycles. The third-order valence-electron chi connectivity index (χ3n) is 3.04. The summed E-state index contributed by atoms with van der Waals surface area (Å²) in [6.07, 6.45) is 9.07. The minimum Gasteiger partial charge on any atom is -0.421 e. The summed E-state index contributed by atoms with van der Waals surface area (Å²) in [5, 5.41) is 7.85. The van der Waals surface area contributed by atoms with E-state index >= 15 is 0 Å². The molecule has 0 spiro atoms. The molecule has 1 heterocycles. The van der Waals surface area contributed by atoms with E-state index in [4.69, 9.17) is 4.42 Å². The third kappa shape index (κ3) is 2.24. The van der Waals surface area contributed by atoms with E-state index in [1.54, 1.807) is 6.92 Å². The van der Waals surface area contributed by atoms with Gasteiger partial charge in [0.2, 0.25) is 11.8 Å². The van der Waals surface area contributed by atoms with Gasteiger partial charge in [0, 0.05) is 31.1 Å². The van der Waals surface area contributed by atoms with Crippen molar-refractivity contribution in [1.29, 1.82) is 0 Å². The Balaban J connectivity index is 1.96. The molecule has 1 aromatic carbocycles. The highest BCUT2D eigenvalue weighted by Crippen LogP contribution is 2.26. The molecule has 0 saturated heterocycles. The molecule has 0 bridgehead atoms. The van der Waals surface area contributed by atoms with Crippen LogP contribution in [0.5, 0.6) is 0 Å². The monoisotopic (exact) mass is 249 g/mol. The van der Waals surface area contributed by atoms with Crippen LogP contribution in [0.15, 0.2) is 52.5 Å². The molecule has 0 amide bonds. The summed E-state index contributed by atoms with van der Waals surface area (Å²) in [6.45, 7) is 3.87. The number of hydrogen-bond acceptors (Lipinski definition) is 3. The Labute approximate surface area is 112 Å². The van der Waals surface area contributed by atoms with E-state index in [9.17, 15) is 0 Å². The molecule has 3 heteroatoms. The van der Waals surface area contributed by atoms with E-state index in [2.05, 4.69) is 41.4 Å². The summed E-state index contributed by atoms with van der Waals surface area (Å²) in [7, 11) is 0. The van der Waals surface area contributed by atoms with Crippen LogP contribution in [0.3, 0.4) is 0 Å². The first-order valence-electron chi connectivity index (χ1n) is 6.11. The van der Waals surface area contributed by atoms with Gasteiger partial charge in [-0.25, -0.2) is 0 Å². The fourth-order valence-corrected chi connectivity index (χ4v) is 2.04. The first kappa shape index (κ1) is 11.6. The second-order valence-corrected chi connectivity index (χ2v) is 4.44. The van der Waals surface area contributed by atoms with Crippen LogP contribution in [0.25, 0.3) is 17.0 Å². The molecule has 0 fully saturated rings. The Morgan fingerprint density at radius 1 is 1.00 bits per heavy atom. The fraction of sp³-hybridized carbons (Fsp3) is 0.125. The zero-order valence-corrected chi connectivity index (χ0v) is 10.8. The van der Waals surface area contributed by atoms with Gasteiger partial charge in [-0.05, 0) is 12.1 Å². The Morgan fingerprint density at radius 3 is 2.37 bits per heavy atom. The maximum absolute atomic E-state index is 5.41. The number of aromatic nitrogens is 2. The lowest BCUT2D eigenvalue weighted by molar-refractivity contribution is 0.533. The van der Waals surface area contributed by atoms with Crippen LogP contribution in [0, 0.1) is 13.0 Å². The van der Waals surface area contributed by atoms with E-state index in [-0.39, 0.29) is 0 Å². The smallest absolute Gasteiger partial charge is 0.247 e. The van der Waals surface area contributed by atoms with Gasteiger partial charge in [-0.2, -0.15) is 0 Å². The standard InChI is InChI=1S/C16H13N2O/c1-11-5-3-4-6-15(11)13-7-9-14(10-8-13)16-18-17-12(2)19-16/h4-10H,1-2H3/q+1. The van der Waals surface area contributed by atoms with Gasteiger partial charge in [0.25, 0.3) is 0 Å². The predicted octanol–water partition coefficient (Wildman–Crippen LogP) is 3.75. The summed E-state index contributed by atoms with van der Waals surface area (Å²) >= 11 is 0. The average Bonchev–Trinajstić information content (AvgIpc) is 2.86. The van der Waals surface area contributed by atoms with E-state index in [0.717, 1.165) is 5.56 Å². The van der Waals surface area contributed by atoms with Crippen LogP contribution in [0.1, 0.15) is 18.4 Å². The molecule has 0 aliphatic heterocycles. The molecular weight excluding hydrogens is 236 g/mol. The normalized spacial score (nSPS) is 13.8. The van der Waals surface area contributed by atoms with Crippen molar-refractivity contribution in [3.63, 3.8) is 0 Å². The van der Waals surface area contributed by atoms with E-state index < -0.39 is 0 Å². The van der Waals surface area contributed by atoms with Crippen molar-refractivity contribution in [3.8, 4) is 11.5 Å². The average molecular weight is 249 g/mol. The van der Waals surface area contributed by atoms with Gasteiger partial charge >= 0.3 is 0 Å². The number of benzene rings is 1. The van der Waals surface area contributed by atoms with Crippen molar-refractivity contribution < 1.29 is 4.42 Å². The number of rotatable bonds is 2. The first-order valence-corrected chi connectivity index (χ1v) is 6.11.